The SMILES string of the molecule is CC(C)c1ccc(C(O)c2cccc(C(F)(F)F)c2)cc1. The van der Waals surface area contributed by atoms with Crippen molar-refractivity contribution in [3.05, 3.63) is 70.8 Å². The van der Waals surface area contributed by atoms with Gasteiger partial charge in [0.1, 0.15) is 6.10 Å². The van der Waals surface area contributed by atoms with E-state index in [1.165, 1.54) is 12.1 Å². The normalized spacial score (nSPS) is 13.5. The Balaban J connectivity index is 2.29. The zero-order chi connectivity index (χ0) is 15.6. The van der Waals surface area contributed by atoms with Gasteiger partial charge in [-0.3, -0.25) is 0 Å². The number of aliphatic hydroxyl groups excluding tert-OH is 1. The van der Waals surface area contributed by atoms with Gasteiger partial charge in [-0.2, -0.15) is 13.2 Å². The number of hydrogen-bond donors (Lipinski definition) is 1. The van der Waals surface area contributed by atoms with Gasteiger partial charge in [0.2, 0.25) is 0 Å². The van der Waals surface area contributed by atoms with Crippen molar-refractivity contribution >= 4 is 0 Å². The first-order valence-corrected chi connectivity index (χ1v) is 6.74. The van der Waals surface area contributed by atoms with Gasteiger partial charge in [0.25, 0.3) is 0 Å². The minimum Gasteiger partial charge on any atom is -0.384 e. The largest absolute Gasteiger partial charge is 0.416 e. The Kier molecular flexibility index (Phi) is 4.37. The first-order valence-electron chi connectivity index (χ1n) is 6.74. The van der Waals surface area contributed by atoms with Crippen LogP contribution in [0.3, 0.4) is 0 Å². The van der Waals surface area contributed by atoms with Crippen LogP contribution in [0.2, 0.25) is 0 Å². The molecule has 1 unspecified atom stereocenters. The van der Waals surface area contributed by atoms with Crippen molar-refractivity contribution in [3.8, 4) is 0 Å². The van der Waals surface area contributed by atoms with E-state index in [1.54, 1.807) is 12.1 Å². The van der Waals surface area contributed by atoms with Gasteiger partial charge in [-0.15, -0.1) is 0 Å². The Morgan fingerprint density at radius 1 is 0.857 bits per heavy atom. The predicted molar refractivity (Wildman–Crippen MR) is 76.0 cm³/mol. The molecule has 0 aromatic heterocycles. The van der Waals surface area contributed by atoms with Crippen molar-refractivity contribution in [2.75, 3.05) is 0 Å². The minimum absolute atomic E-state index is 0.238. The summed E-state index contributed by atoms with van der Waals surface area (Å²) in [5.41, 5.74) is 1.19. The Hall–Kier alpha value is -1.81. The van der Waals surface area contributed by atoms with Crippen LogP contribution in [0.4, 0.5) is 13.2 Å². The Morgan fingerprint density at radius 2 is 1.43 bits per heavy atom. The van der Waals surface area contributed by atoms with E-state index in [0.29, 0.717) is 11.5 Å². The summed E-state index contributed by atoms with van der Waals surface area (Å²) in [5, 5.41) is 10.2. The highest BCUT2D eigenvalue weighted by Gasteiger charge is 2.30. The number of hydrogen-bond acceptors (Lipinski definition) is 1. The highest BCUT2D eigenvalue weighted by atomic mass is 19.4. The summed E-state index contributed by atoms with van der Waals surface area (Å²) >= 11 is 0. The summed E-state index contributed by atoms with van der Waals surface area (Å²) in [7, 11) is 0. The lowest BCUT2D eigenvalue weighted by Gasteiger charge is -2.15. The molecule has 0 amide bonds. The van der Waals surface area contributed by atoms with E-state index >= 15 is 0 Å². The number of aliphatic hydroxyl groups is 1. The summed E-state index contributed by atoms with van der Waals surface area (Å²) in [5.74, 6) is 0.366. The van der Waals surface area contributed by atoms with Crippen LogP contribution in [0.15, 0.2) is 48.5 Å². The molecule has 1 atom stereocenters. The lowest BCUT2D eigenvalue weighted by molar-refractivity contribution is -0.137. The zero-order valence-electron chi connectivity index (χ0n) is 11.9. The quantitative estimate of drug-likeness (QED) is 0.852. The van der Waals surface area contributed by atoms with Gasteiger partial charge in [0.15, 0.2) is 0 Å². The van der Waals surface area contributed by atoms with Crippen LogP contribution in [-0.4, -0.2) is 5.11 Å². The van der Waals surface area contributed by atoms with Gasteiger partial charge in [0, 0.05) is 0 Å². The molecule has 1 nitrogen and oxygen atoms in total. The highest BCUT2D eigenvalue weighted by Crippen LogP contribution is 2.32. The minimum atomic E-state index is -4.41. The Labute approximate surface area is 122 Å². The van der Waals surface area contributed by atoms with E-state index in [9.17, 15) is 18.3 Å². The van der Waals surface area contributed by atoms with Gasteiger partial charge < -0.3 is 5.11 Å². The monoisotopic (exact) mass is 294 g/mol. The molecule has 0 fully saturated rings. The molecule has 0 aliphatic carbocycles. The fraction of sp³-hybridized carbons (Fsp3) is 0.294. The first-order chi connectivity index (χ1) is 9.79. The molecule has 0 aliphatic rings. The van der Waals surface area contributed by atoms with Gasteiger partial charge in [0.05, 0.1) is 5.56 Å². The van der Waals surface area contributed by atoms with Crippen LogP contribution in [0.1, 0.15) is 48.1 Å². The van der Waals surface area contributed by atoms with E-state index in [2.05, 4.69) is 13.8 Å². The Bertz CT molecular complexity index is 600. The van der Waals surface area contributed by atoms with Crippen molar-refractivity contribution < 1.29 is 18.3 Å². The fourth-order valence-corrected chi connectivity index (χ4v) is 2.14. The van der Waals surface area contributed by atoms with Crippen molar-refractivity contribution in [2.24, 2.45) is 0 Å². The molecule has 2 rings (SSSR count). The standard InChI is InChI=1S/C17H17F3O/c1-11(2)12-6-8-13(9-7-12)16(21)14-4-3-5-15(10-14)17(18,19)20/h3-11,16,21H,1-2H3. The summed E-state index contributed by atoms with van der Waals surface area (Å²) < 4.78 is 38.1. The zero-order valence-corrected chi connectivity index (χ0v) is 11.9. The molecule has 0 bridgehead atoms. The highest BCUT2D eigenvalue weighted by molar-refractivity contribution is 5.35. The second kappa shape index (κ2) is 5.90. The fourth-order valence-electron chi connectivity index (χ4n) is 2.14. The van der Waals surface area contributed by atoms with Crippen LogP contribution in [0.25, 0.3) is 0 Å². The third-order valence-electron chi connectivity index (χ3n) is 3.45. The van der Waals surface area contributed by atoms with Crippen LogP contribution < -0.4 is 0 Å². The van der Waals surface area contributed by atoms with Gasteiger partial charge in [-0.25, -0.2) is 0 Å². The molecule has 2 aromatic carbocycles. The van der Waals surface area contributed by atoms with Crippen molar-refractivity contribution in [1.82, 2.24) is 0 Å². The number of rotatable bonds is 3. The summed E-state index contributed by atoms with van der Waals surface area (Å²) in [6.45, 7) is 4.11. The number of halogens is 3. The summed E-state index contributed by atoms with van der Waals surface area (Å²) in [6, 6.07) is 12.1. The van der Waals surface area contributed by atoms with Gasteiger partial charge >= 0.3 is 6.18 Å². The average molecular weight is 294 g/mol. The molecular weight excluding hydrogens is 277 g/mol. The maximum atomic E-state index is 12.7. The molecule has 0 spiro atoms. The lowest BCUT2D eigenvalue weighted by Crippen LogP contribution is -2.07. The smallest absolute Gasteiger partial charge is 0.384 e. The molecule has 0 heterocycles. The molecule has 4 heteroatoms. The van der Waals surface area contributed by atoms with Crippen LogP contribution in [0.5, 0.6) is 0 Å². The maximum Gasteiger partial charge on any atom is 0.416 e. The molecule has 0 saturated heterocycles. The number of benzene rings is 2. The first kappa shape index (κ1) is 15.6. The Morgan fingerprint density at radius 3 is 1.95 bits per heavy atom. The van der Waals surface area contributed by atoms with E-state index in [4.69, 9.17) is 0 Å². The number of alkyl halides is 3. The lowest BCUT2D eigenvalue weighted by atomic mass is 9.96. The molecule has 112 valence electrons. The molecule has 0 saturated carbocycles. The molecule has 1 N–H and O–H groups in total. The van der Waals surface area contributed by atoms with Crippen LogP contribution >= 0.6 is 0 Å². The molecule has 2 aromatic rings. The predicted octanol–water partition coefficient (Wildman–Crippen LogP) is 4.91. The van der Waals surface area contributed by atoms with E-state index in [-0.39, 0.29) is 5.56 Å². The van der Waals surface area contributed by atoms with Crippen LogP contribution in [0, 0.1) is 0 Å². The van der Waals surface area contributed by atoms with Gasteiger partial charge in [-0.1, -0.05) is 50.2 Å². The van der Waals surface area contributed by atoms with Crippen molar-refractivity contribution in [2.45, 2.75) is 32.0 Å². The second-order valence-corrected chi connectivity index (χ2v) is 5.35. The van der Waals surface area contributed by atoms with Crippen molar-refractivity contribution in [3.63, 3.8) is 0 Å². The topological polar surface area (TPSA) is 20.2 Å². The van der Waals surface area contributed by atoms with E-state index in [1.807, 2.05) is 12.1 Å². The van der Waals surface area contributed by atoms with Gasteiger partial charge in [-0.05, 0) is 34.7 Å². The van der Waals surface area contributed by atoms with Crippen molar-refractivity contribution in [1.29, 1.82) is 0 Å². The van der Waals surface area contributed by atoms with Crippen LogP contribution in [-0.2, 0) is 6.18 Å². The molecule has 0 aliphatic heterocycles. The maximum absolute atomic E-state index is 12.7. The average Bonchev–Trinajstić information content (AvgIpc) is 2.46. The third-order valence-corrected chi connectivity index (χ3v) is 3.45. The second-order valence-electron chi connectivity index (χ2n) is 5.35. The molecule has 0 radical (unpaired) electrons. The summed E-state index contributed by atoms with van der Waals surface area (Å²) in [4.78, 5) is 0. The van der Waals surface area contributed by atoms with E-state index in [0.717, 1.165) is 17.7 Å². The molecular formula is C17H17F3O. The van der Waals surface area contributed by atoms with E-state index < -0.39 is 17.8 Å². The summed E-state index contributed by atoms with van der Waals surface area (Å²) in [6.07, 6.45) is -5.47. The molecule has 21 heavy (non-hydrogen) atoms. The third kappa shape index (κ3) is 3.64.